The highest BCUT2D eigenvalue weighted by atomic mass is 35.5. The fourth-order valence-corrected chi connectivity index (χ4v) is 4.77. The van der Waals surface area contributed by atoms with E-state index in [-0.39, 0.29) is 26.9 Å². The first-order valence-electron chi connectivity index (χ1n) is 7.65. The van der Waals surface area contributed by atoms with Gasteiger partial charge in [-0.25, -0.2) is 13.1 Å². The van der Waals surface area contributed by atoms with Crippen molar-refractivity contribution in [1.29, 1.82) is 0 Å². The van der Waals surface area contributed by atoms with E-state index in [0.717, 1.165) is 0 Å². The van der Waals surface area contributed by atoms with E-state index >= 15 is 0 Å². The lowest BCUT2D eigenvalue weighted by Gasteiger charge is -2.32. The Balaban J connectivity index is 1.62. The van der Waals surface area contributed by atoms with Crippen LogP contribution >= 0.6 is 23.2 Å². The highest BCUT2D eigenvalue weighted by Gasteiger charge is 2.27. The van der Waals surface area contributed by atoms with Gasteiger partial charge in [0.1, 0.15) is 6.26 Å². The van der Waals surface area contributed by atoms with Crippen molar-refractivity contribution in [3.8, 4) is 0 Å². The molecule has 0 aliphatic carbocycles. The molecule has 1 aromatic heterocycles. The van der Waals surface area contributed by atoms with Gasteiger partial charge >= 0.3 is 0 Å². The van der Waals surface area contributed by atoms with E-state index in [1.165, 1.54) is 30.7 Å². The summed E-state index contributed by atoms with van der Waals surface area (Å²) in [4.78, 5) is 14.0. The fraction of sp³-hybridized carbons (Fsp3) is 0.312. The second-order valence-corrected chi connectivity index (χ2v) is 8.39. The Kier molecular flexibility index (Phi) is 5.38. The van der Waals surface area contributed by atoms with Gasteiger partial charge in [0.15, 0.2) is 0 Å². The SMILES string of the molecule is O=C(c1ccoc1)N1CCC(NS(=O)(=O)c2cc(Cl)cc(Cl)c2)CC1. The zero-order valence-electron chi connectivity index (χ0n) is 13.1. The molecular formula is C16H16Cl2N2O4S. The summed E-state index contributed by atoms with van der Waals surface area (Å²) in [5, 5.41) is 0.516. The highest BCUT2D eigenvalue weighted by Crippen LogP contribution is 2.23. The van der Waals surface area contributed by atoms with Crippen molar-refractivity contribution >= 4 is 39.1 Å². The molecule has 0 spiro atoms. The molecule has 2 aromatic rings. The van der Waals surface area contributed by atoms with Crippen molar-refractivity contribution in [2.45, 2.75) is 23.8 Å². The summed E-state index contributed by atoms with van der Waals surface area (Å²) in [5.41, 5.74) is 0.493. The molecule has 6 nitrogen and oxygen atoms in total. The van der Waals surface area contributed by atoms with E-state index < -0.39 is 10.0 Å². The van der Waals surface area contributed by atoms with Crippen molar-refractivity contribution in [2.24, 2.45) is 0 Å². The molecule has 2 heterocycles. The molecular weight excluding hydrogens is 387 g/mol. The number of rotatable bonds is 4. The minimum Gasteiger partial charge on any atom is -0.472 e. The van der Waals surface area contributed by atoms with E-state index in [1.807, 2.05) is 0 Å². The van der Waals surface area contributed by atoms with Crippen LogP contribution < -0.4 is 4.72 Å². The second kappa shape index (κ2) is 7.37. The first-order valence-corrected chi connectivity index (χ1v) is 9.89. The molecule has 1 aromatic carbocycles. The minimum atomic E-state index is -3.72. The Bertz CT molecular complexity index is 840. The van der Waals surface area contributed by atoms with E-state index in [1.54, 1.807) is 11.0 Å². The van der Waals surface area contributed by atoms with Gasteiger partial charge in [-0.3, -0.25) is 4.79 Å². The van der Waals surface area contributed by atoms with Crippen LogP contribution in [0.2, 0.25) is 10.0 Å². The lowest BCUT2D eigenvalue weighted by molar-refractivity contribution is 0.0710. The normalized spacial score (nSPS) is 16.2. The number of nitrogens with zero attached hydrogens (tertiary/aromatic N) is 1. The number of piperidine rings is 1. The van der Waals surface area contributed by atoms with E-state index in [0.29, 0.717) is 31.5 Å². The number of furan rings is 1. The summed E-state index contributed by atoms with van der Waals surface area (Å²) in [6.45, 7) is 0.932. The molecule has 0 radical (unpaired) electrons. The molecule has 1 amide bonds. The van der Waals surface area contributed by atoms with Gasteiger partial charge in [0.2, 0.25) is 10.0 Å². The third-order valence-electron chi connectivity index (χ3n) is 4.02. The summed E-state index contributed by atoms with van der Waals surface area (Å²) in [6, 6.07) is 5.54. The van der Waals surface area contributed by atoms with Gasteiger partial charge in [-0.05, 0) is 37.1 Å². The van der Waals surface area contributed by atoms with Crippen LogP contribution in [0, 0.1) is 0 Å². The Morgan fingerprint density at radius 1 is 1.16 bits per heavy atom. The second-order valence-electron chi connectivity index (χ2n) is 5.80. The molecule has 1 fully saturated rings. The van der Waals surface area contributed by atoms with Gasteiger partial charge in [-0.2, -0.15) is 0 Å². The lowest BCUT2D eigenvalue weighted by atomic mass is 10.1. The average Bonchev–Trinajstić information content (AvgIpc) is 3.08. The van der Waals surface area contributed by atoms with Crippen molar-refractivity contribution in [3.63, 3.8) is 0 Å². The summed E-state index contributed by atoms with van der Waals surface area (Å²) < 4.78 is 32.6. The number of nitrogens with one attached hydrogen (secondary N) is 1. The number of hydrogen-bond acceptors (Lipinski definition) is 4. The zero-order chi connectivity index (χ0) is 18.0. The van der Waals surface area contributed by atoms with Crippen molar-refractivity contribution in [2.75, 3.05) is 13.1 Å². The fourth-order valence-electron chi connectivity index (χ4n) is 2.74. The van der Waals surface area contributed by atoms with Gasteiger partial charge < -0.3 is 9.32 Å². The number of carbonyl (C=O) groups excluding carboxylic acids is 1. The number of sulfonamides is 1. The Labute approximate surface area is 155 Å². The Hall–Kier alpha value is -1.54. The molecule has 134 valence electrons. The van der Waals surface area contributed by atoms with Crippen LogP contribution in [0.5, 0.6) is 0 Å². The van der Waals surface area contributed by atoms with E-state index in [9.17, 15) is 13.2 Å². The minimum absolute atomic E-state index is 0.0295. The number of carbonyl (C=O) groups is 1. The van der Waals surface area contributed by atoms with Gasteiger partial charge in [0.05, 0.1) is 16.7 Å². The number of likely N-dealkylation sites (tertiary alicyclic amines) is 1. The van der Waals surface area contributed by atoms with Crippen LogP contribution in [0.15, 0.2) is 46.1 Å². The quantitative estimate of drug-likeness (QED) is 0.851. The Morgan fingerprint density at radius 2 is 1.80 bits per heavy atom. The topological polar surface area (TPSA) is 79.6 Å². The molecule has 0 unspecified atom stereocenters. The van der Waals surface area contributed by atoms with Crippen LogP contribution in [0.25, 0.3) is 0 Å². The molecule has 0 saturated carbocycles. The predicted octanol–water partition coefficient (Wildman–Crippen LogP) is 3.17. The lowest BCUT2D eigenvalue weighted by Crippen LogP contribution is -2.46. The smallest absolute Gasteiger partial charge is 0.257 e. The average molecular weight is 403 g/mol. The van der Waals surface area contributed by atoms with E-state index in [2.05, 4.69) is 4.72 Å². The van der Waals surface area contributed by atoms with Gasteiger partial charge in [-0.15, -0.1) is 0 Å². The number of benzene rings is 1. The van der Waals surface area contributed by atoms with Gasteiger partial charge in [-0.1, -0.05) is 23.2 Å². The third kappa shape index (κ3) is 4.36. The maximum absolute atomic E-state index is 12.5. The van der Waals surface area contributed by atoms with Crippen molar-refractivity contribution in [1.82, 2.24) is 9.62 Å². The first-order chi connectivity index (χ1) is 11.8. The molecule has 1 saturated heterocycles. The first kappa shape index (κ1) is 18.3. The Morgan fingerprint density at radius 3 is 2.36 bits per heavy atom. The highest BCUT2D eigenvalue weighted by molar-refractivity contribution is 7.89. The molecule has 1 aliphatic rings. The van der Waals surface area contributed by atoms with Crippen molar-refractivity contribution in [3.05, 3.63) is 52.4 Å². The maximum atomic E-state index is 12.5. The number of hydrogen-bond donors (Lipinski definition) is 1. The largest absolute Gasteiger partial charge is 0.472 e. The molecule has 0 bridgehead atoms. The van der Waals surface area contributed by atoms with Crippen LogP contribution in [0.4, 0.5) is 0 Å². The molecule has 1 aliphatic heterocycles. The standard InChI is InChI=1S/C16H16Cl2N2O4S/c17-12-7-13(18)9-15(8-12)25(22,23)19-14-1-4-20(5-2-14)16(21)11-3-6-24-10-11/h3,6-10,14,19H,1-2,4-5H2. The molecule has 1 N–H and O–H groups in total. The van der Waals surface area contributed by atoms with Crippen LogP contribution in [0.3, 0.4) is 0 Å². The molecule has 25 heavy (non-hydrogen) atoms. The van der Waals surface area contributed by atoms with Gasteiger partial charge in [0, 0.05) is 29.2 Å². The van der Waals surface area contributed by atoms with Crippen molar-refractivity contribution < 1.29 is 17.6 Å². The predicted molar refractivity (Wildman–Crippen MR) is 94.4 cm³/mol. The van der Waals surface area contributed by atoms with Crippen LogP contribution in [-0.4, -0.2) is 38.4 Å². The summed E-state index contributed by atoms with van der Waals surface area (Å²) in [6.07, 6.45) is 3.90. The third-order valence-corrected chi connectivity index (χ3v) is 5.95. The zero-order valence-corrected chi connectivity index (χ0v) is 15.4. The van der Waals surface area contributed by atoms with E-state index in [4.69, 9.17) is 27.6 Å². The summed E-state index contributed by atoms with van der Waals surface area (Å²) in [7, 11) is -3.72. The summed E-state index contributed by atoms with van der Waals surface area (Å²) >= 11 is 11.7. The molecule has 3 rings (SSSR count). The number of amides is 1. The van der Waals surface area contributed by atoms with Crippen LogP contribution in [-0.2, 0) is 10.0 Å². The monoisotopic (exact) mass is 402 g/mol. The van der Waals surface area contributed by atoms with Gasteiger partial charge in [0.25, 0.3) is 5.91 Å². The van der Waals surface area contributed by atoms with Crippen LogP contribution in [0.1, 0.15) is 23.2 Å². The molecule has 0 atom stereocenters. The number of halogens is 2. The molecule has 9 heteroatoms. The summed E-state index contributed by atoms with van der Waals surface area (Å²) in [5.74, 6) is -0.114. The maximum Gasteiger partial charge on any atom is 0.257 e.